The van der Waals surface area contributed by atoms with E-state index in [2.05, 4.69) is 28.9 Å². The molecule has 1 aromatic heterocycles. The minimum Gasteiger partial charge on any atom is -0.466 e. The van der Waals surface area contributed by atoms with Gasteiger partial charge in [-0.05, 0) is 82.6 Å². The van der Waals surface area contributed by atoms with E-state index in [1.165, 1.54) is 51.6 Å². The van der Waals surface area contributed by atoms with Crippen molar-refractivity contribution in [3.05, 3.63) is 23.7 Å². The quantitative estimate of drug-likeness (QED) is 0.750. The molecular formula is C23H36N2O2. The molecule has 3 fully saturated rings. The molecule has 0 bridgehead atoms. The van der Waals surface area contributed by atoms with Crippen LogP contribution >= 0.6 is 0 Å². The van der Waals surface area contributed by atoms with Crippen LogP contribution in [0.5, 0.6) is 0 Å². The fourth-order valence-electron chi connectivity index (χ4n) is 5.49. The molecule has 150 valence electrons. The number of amides is 1. The molecule has 27 heavy (non-hydrogen) atoms. The fourth-order valence-corrected chi connectivity index (χ4v) is 5.49. The fraction of sp³-hybridized carbons (Fsp3) is 0.783. The molecule has 1 atom stereocenters. The van der Waals surface area contributed by atoms with Gasteiger partial charge in [-0.1, -0.05) is 19.8 Å². The first-order valence-corrected chi connectivity index (χ1v) is 11.1. The highest BCUT2D eigenvalue weighted by molar-refractivity contribution is 5.77. The van der Waals surface area contributed by atoms with Gasteiger partial charge in [-0.25, -0.2) is 0 Å². The van der Waals surface area contributed by atoms with Crippen molar-refractivity contribution in [2.45, 2.75) is 83.6 Å². The molecule has 4 heteroatoms. The van der Waals surface area contributed by atoms with Crippen molar-refractivity contribution in [2.75, 3.05) is 26.2 Å². The van der Waals surface area contributed by atoms with Gasteiger partial charge in [0.2, 0.25) is 5.91 Å². The Hall–Kier alpha value is -1.29. The van der Waals surface area contributed by atoms with Crippen LogP contribution in [0.4, 0.5) is 0 Å². The molecule has 1 aromatic rings. The third-order valence-electron chi connectivity index (χ3n) is 7.50. The normalized spacial score (nSPS) is 25.4. The molecule has 4 nitrogen and oxygen atoms in total. The summed E-state index contributed by atoms with van der Waals surface area (Å²) in [7, 11) is 0. The van der Waals surface area contributed by atoms with E-state index in [1.54, 1.807) is 0 Å². The molecule has 0 aromatic carbocycles. The van der Waals surface area contributed by atoms with E-state index in [9.17, 15) is 4.79 Å². The first-order valence-electron chi connectivity index (χ1n) is 11.1. The topological polar surface area (TPSA) is 36.7 Å². The van der Waals surface area contributed by atoms with Crippen molar-refractivity contribution >= 4 is 5.91 Å². The van der Waals surface area contributed by atoms with Crippen molar-refractivity contribution in [1.82, 2.24) is 9.80 Å². The third-order valence-corrected chi connectivity index (χ3v) is 7.50. The summed E-state index contributed by atoms with van der Waals surface area (Å²) in [4.78, 5) is 17.4. The molecular weight excluding hydrogens is 336 g/mol. The Labute approximate surface area is 164 Å². The molecule has 2 saturated heterocycles. The van der Waals surface area contributed by atoms with E-state index >= 15 is 0 Å². The van der Waals surface area contributed by atoms with Crippen LogP contribution in [-0.2, 0) is 4.79 Å². The number of likely N-dealkylation sites (tertiary alicyclic amines) is 2. The largest absolute Gasteiger partial charge is 0.466 e. The van der Waals surface area contributed by atoms with Crippen molar-refractivity contribution in [3.63, 3.8) is 0 Å². The van der Waals surface area contributed by atoms with E-state index in [1.807, 2.05) is 6.92 Å². The standard InChI is InChI=1S/C23H36N2O2/c1-18(21-8-7-19(2)27-21)10-14-24-15-12-23(13-16-24)11-9-22(26)25(17-23)20-5-3-4-6-20/h7-8,18,20H,3-6,9-17H2,1-2H3. The number of hydrogen-bond acceptors (Lipinski definition) is 3. The second-order valence-electron chi connectivity index (χ2n) is 9.44. The van der Waals surface area contributed by atoms with Gasteiger partial charge < -0.3 is 14.2 Å². The number of aryl methyl sites for hydroxylation is 1. The third kappa shape index (κ3) is 4.26. The number of rotatable bonds is 5. The SMILES string of the molecule is Cc1ccc(C(C)CCN2CCC3(CCC(=O)N(C4CCCC4)C3)CC2)o1. The predicted octanol–water partition coefficient (Wildman–Crippen LogP) is 4.73. The van der Waals surface area contributed by atoms with Gasteiger partial charge in [0.05, 0.1) is 0 Å². The zero-order valence-electron chi connectivity index (χ0n) is 17.2. The summed E-state index contributed by atoms with van der Waals surface area (Å²) in [6, 6.07) is 4.74. The molecule has 0 N–H and O–H groups in total. The van der Waals surface area contributed by atoms with Crippen LogP contribution in [0, 0.1) is 12.3 Å². The van der Waals surface area contributed by atoms with Gasteiger partial charge in [-0.3, -0.25) is 4.79 Å². The first-order chi connectivity index (χ1) is 13.0. The number of hydrogen-bond donors (Lipinski definition) is 0. The summed E-state index contributed by atoms with van der Waals surface area (Å²) in [6.45, 7) is 8.86. The average molecular weight is 373 g/mol. The summed E-state index contributed by atoms with van der Waals surface area (Å²) in [5.41, 5.74) is 0.400. The van der Waals surface area contributed by atoms with Gasteiger partial charge in [0.25, 0.3) is 0 Å². The van der Waals surface area contributed by atoms with Gasteiger partial charge in [0.15, 0.2) is 0 Å². The summed E-state index contributed by atoms with van der Waals surface area (Å²) in [5.74, 6) is 3.05. The van der Waals surface area contributed by atoms with Crippen LogP contribution in [0.3, 0.4) is 0 Å². The van der Waals surface area contributed by atoms with Crippen LogP contribution < -0.4 is 0 Å². The van der Waals surface area contributed by atoms with E-state index < -0.39 is 0 Å². The predicted molar refractivity (Wildman–Crippen MR) is 108 cm³/mol. The molecule has 1 unspecified atom stereocenters. The Morgan fingerprint density at radius 1 is 1.19 bits per heavy atom. The maximum atomic E-state index is 12.5. The lowest BCUT2D eigenvalue weighted by Crippen LogP contribution is -2.54. The highest BCUT2D eigenvalue weighted by Crippen LogP contribution is 2.42. The van der Waals surface area contributed by atoms with Crippen molar-refractivity contribution in [1.29, 1.82) is 0 Å². The lowest BCUT2D eigenvalue weighted by molar-refractivity contribution is -0.142. The van der Waals surface area contributed by atoms with Crippen LogP contribution in [0.1, 0.15) is 82.1 Å². The van der Waals surface area contributed by atoms with Crippen molar-refractivity contribution in [2.24, 2.45) is 5.41 Å². The van der Waals surface area contributed by atoms with E-state index in [0.29, 0.717) is 23.3 Å². The Kier molecular flexibility index (Phi) is 5.63. The zero-order chi connectivity index (χ0) is 18.9. The number of carbonyl (C=O) groups excluding carboxylic acids is 1. The maximum Gasteiger partial charge on any atom is 0.222 e. The van der Waals surface area contributed by atoms with Crippen molar-refractivity contribution in [3.8, 4) is 0 Å². The van der Waals surface area contributed by atoms with Gasteiger partial charge in [-0.15, -0.1) is 0 Å². The minimum atomic E-state index is 0.400. The van der Waals surface area contributed by atoms with Gasteiger partial charge >= 0.3 is 0 Å². The average Bonchev–Trinajstić information content (AvgIpc) is 3.35. The van der Waals surface area contributed by atoms with E-state index in [4.69, 9.17) is 4.42 Å². The highest BCUT2D eigenvalue weighted by Gasteiger charge is 2.43. The second kappa shape index (κ2) is 7.98. The lowest BCUT2D eigenvalue weighted by Gasteiger charge is -2.49. The number of carbonyl (C=O) groups is 1. The first kappa shape index (κ1) is 19.0. The number of furan rings is 1. The molecule has 2 aliphatic heterocycles. The zero-order valence-corrected chi connectivity index (χ0v) is 17.2. The molecule has 1 amide bonds. The monoisotopic (exact) mass is 372 g/mol. The Morgan fingerprint density at radius 2 is 1.93 bits per heavy atom. The minimum absolute atomic E-state index is 0.400. The Balaban J connectivity index is 1.27. The smallest absolute Gasteiger partial charge is 0.222 e. The van der Waals surface area contributed by atoms with Gasteiger partial charge in [0, 0.05) is 24.9 Å². The van der Waals surface area contributed by atoms with Crippen LogP contribution in [0.25, 0.3) is 0 Å². The van der Waals surface area contributed by atoms with E-state index in [-0.39, 0.29) is 0 Å². The van der Waals surface area contributed by atoms with Crippen LogP contribution in [0.15, 0.2) is 16.5 Å². The summed E-state index contributed by atoms with van der Waals surface area (Å²) in [5, 5.41) is 0. The summed E-state index contributed by atoms with van der Waals surface area (Å²) in [6.07, 6.45) is 10.7. The summed E-state index contributed by atoms with van der Waals surface area (Å²) >= 11 is 0. The number of piperidine rings is 2. The molecule has 1 aliphatic carbocycles. The summed E-state index contributed by atoms with van der Waals surface area (Å²) < 4.78 is 5.79. The molecule has 3 heterocycles. The van der Waals surface area contributed by atoms with E-state index in [0.717, 1.165) is 43.9 Å². The van der Waals surface area contributed by atoms with Crippen LogP contribution in [-0.4, -0.2) is 47.9 Å². The molecule has 4 rings (SSSR count). The van der Waals surface area contributed by atoms with Crippen LogP contribution in [0.2, 0.25) is 0 Å². The molecule has 1 spiro atoms. The second-order valence-corrected chi connectivity index (χ2v) is 9.44. The Bertz CT molecular complexity index is 639. The molecule has 3 aliphatic rings. The Morgan fingerprint density at radius 3 is 2.59 bits per heavy atom. The van der Waals surface area contributed by atoms with Crippen molar-refractivity contribution < 1.29 is 9.21 Å². The molecule has 1 saturated carbocycles. The van der Waals surface area contributed by atoms with Gasteiger partial charge in [-0.2, -0.15) is 0 Å². The molecule has 0 radical (unpaired) electrons. The lowest BCUT2D eigenvalue weighted by atomic mass is 9.72. The highest BCUT2D eigenvalue weighted by atomic mass is 16.3. The van der Waals surface area contributed by atoms with Gasteiger partial charge in [0.1, 0.15) is 11.5 Å². The maximum absolute atomic E-state index is 12.5. The number of nitrogens with zero attached hydrogens (tertiary/aromatic N) is 2.